The molecule has 8 heteroatoms. The molecule has 1 aromatic rings. The van der Waals surface area contributed by atoms with Crippen molar-refractivity contribution in [1.82, 2.24) is 10.2 Å². The maximum absolute atomic E-state index is 13.2. The third-order valence-electron chi connectivity index (χ3n) is 8.68. The van der Waals surface area contributed by atoms with E-state index in [2.05, 4.69) is 23.5 Å². The summed E-state index contributed by atoms with van der Waals surface area (Å²) in [7, 11) is 2.22. The molecule has 1 saturated carbocycles. The van der Waals surface area contributed by atoms with Gasteiger partial charge in [0.2, 0.25) is 0 Å². The summed E-state index contributed by atoms with van der Waals surface area (Å²) in [6.07, 6.45) is 6.43. The topological polar surface area (TPSA) is 91.3 Å². The van der Waals surface area contributed by atoms with E-state index in [4.69, 9.17) is 9.47 Å². The number of rotatable bonds is 7. The van der Waals surface area contributed by atoms with Crippen LogP contribution in [0.2, 0.25) is 0 Å². The van der Waals surface area contributed by atoms with Gasteiger partial charge in [-0.25, -0.2) is 0 Å². The third-order valence-corrected chi connectivity index (χ3v) is 9.32. The minimum Gasteiger partial charge on any atom is -0.504 e. The van der Waals surface area contributed by atoms with Crippen molar-refractivity contribution in [3.63, 3.8) is 0 Å². The predicted octanol–water partition coefficient (Wildman–Crippen LogP) is 2.98. The van der Waals surface area contributed by atoms with Crippen molar-refractivity contribution in [2.45, 2.75) is 94.7 Å². The van der Waals surface area contributed by atoms with Gasteiger partial charge in [0.05, 0.1) is 6.61 Å². The summed E-state index contributed by atoms with van der Waals surface area (Å²) in [6.45, 7) is 6.48. The molecule has 5 rings (SSSR count). The number of likely N-dealkylation sites (N-methyl/N-ethyl adjacent to an activating group) is 1. The number of aromatic hydroxyl groups is 1. The van der Waals surface area contributed by atoms with E-state index >= 15 is 0 Å². The molecular formula is C27H40N2O5S. The Morgan fingerprint density at radius 3 is 2.86 bits per heavy atom. The molecule has 0 amide bonds. The summed E-state index contributed by atoms with van der Waals surface area (Å²) in [5.41, 5.74) is 2.17. The number of aliphatic hydroxyl groups is 1. The van der Waals surface area contributed by atoms with Crippen molar-refractivity contribution in [2.75, 3.05) is 25.6 Å². The van der Waals surface area contributed by atoms with Crippen molar-refractivity contribution >= 4 is 17.7 Å². The number of aliphatic hydroxyl groups excluding tert-OH is 1. The Labute approximate surface area is 212 Å². The van der Waals surface area contributed by atoms with Crippen molar-refractivity contribution in [3.05, 3.63) is 22.8 Å². The summed E-state index contributed by atoms with van der Waals surface area (Å²) in [5, 5.41) is 24.6. The fourth-order valence-corrected chi connectivity index (χ4v) is 7.77. The summed E-state index contributed by atoms with van der Waals surface area (Å²) < 4.78 is 12.5. The maximum atomic E-state index is 13.2. The van der Waals surface area contributed by atoms with Gasteiger partial charge in [-0.2, -0.15) is 11.8 Å². The summed E-state index contributed by atoms with van der Waals surface area (Å²) in [5.74, 6) is 1.74. The fraction of sp³-hybridized carbons (Fsp3) is 0.741. The first-order valence-electron chi connectivity index (χ1n) is 12.9. The number of nitrogens with zero attached hydrogens (tertiary/aromatic N) is 1. The predicted molar refractivity (Wildman–Crippen MR) is 137 cm³/mol. The van der Waals surface area contributed by atoms with Crippen LogP contribution in [-0.4, -0.2) is 76.5 Å². The molecule has 2 bridgehead atoms. The normalized spacial score (nSPS) is 32.1. The average Bonchev–Trinajstić information content (AvgIpc) is 3.15. The average molecular weight is 505 g/mol. The second-order valence-electron chi connectivity index (χ2n) is 11.8. The molecule has 1 spiro atoms. The highest BCUT2D eigenvalue weighted by molar-refractivity contribution is 7.98. The van der Waals surface area contributed by atoms with Gasteiger partial charge in [0, 0.05) is 28.6 Å². The summed E-state index contributed by atoms with van der Waals surface area (Å²) >= 11 is 1.73. The van der Waals surface area contributed by atoms with Crippen LogP contribution in [0.4, 0.5) is 0 Å². The second-order valence-corrected chi connectivity index (χ2v) is 12.8. The van der Waals surface area contributed by atoms with E-state index in [0.29, 0.717) is 29.7 Å². The van der Waals surface area contributed by atoms with E-state index in [0.717, 1.165) is 43.5 Å². The number of nitrogens with one attached hydrogen (secondary N) is 1. The van der Waals surface area contributed by atoms with Crippen molar-refractivity contribution < 1.29 is 24.5 Å². The van der Waals surface area contributed by atoms with Crippen LogP contribution < -0.4 is 10.1 Å². The number of hydrogen-bond acceptors (Lipinski definition) is 8. The Balaban J connectivity index is 1.52. The number of phenols is 1. The lowest BCUT2D eigenvalue weighted by molar-refractivity contribution is -0.158. The molecule has 0 radical (unpaired) electrons. The van der Waals surface area contributed by atoms with Crippen LogP contribution in [0.5, 0.6) is 11.5 Å². The van der Waals surface area contributed by atoms with Crippen LogP contribution in [-0.2, 0) is 28.0 Å². The molecular weight excluding hydrogens is 464 g/mol. The number of carbonyl (C=O) groups excluding carboxylic acids is 1. The van der Waals surface area contributed by atoms with Gasteiger partial charge in [-0.05, 0) is 96.0 Å². The Morgan fingerprint density at radius 2 is 2.17 bits per heavy atom. The van der Waals surface area contributed by atoms with Crippen molar-refractivity contribution in [2.24, 2.45) is 5.92 Å². The number of hydrogen-bond donors (Lipinski definition) is 3. The van der Waals surface area contributed by atoms with Gasteiger partial charge < -0.3 is 24.6 Å². The molecule has 3 unspecified atom stereocenters. The number of piperidine rings is 1. The van der Waals surface area contributed by atoms with Crippen LogP contribution in [0.15, 0.2) is 6.07 Å². The summed E-state index contributed by atoms with van der Waals surface area (Å²) in [6, 6.07) is 1.98. The number of esters is 1. The highest BCUT2D eigenvalue weighted by atomic mass is 32.2. The second kappa shape index (κ2) is 9.12. The van der Waals surface area contributed by atoms with Gasteiger partial charge in [-0.3, -0.25) is 10.1 Å². The van der Waals surface area contributed by atoms with E-state index in [9.17, 15) is 15.0 Å². The standard InChI is InChI=1S/C27H40N2O5S/c1-26(2,3)34-25(32)19(8-11-35-5)28-18-7-6-17-20-13-15-12-16(14-30)22(31)23-21(15)27(17,24(18)33-23)9-10-29(20)4/h12,17-20,24,28,30-31H,6-11,13-14H2,1-5H3/t17-,18?,19?,20+,24?,27-/m0/s1. The Morgan fingerprint density at radius 1 is 1.40 bits per heavy atom. The minimum absolute atomic E-state index is 0.0231. The molecule has 35 heavy (non-hydrogen) atoms. The molecule has 2 aliphatic heterocycles. The molecule has 2 heterocycles. The first kappa shape index (κ1) is 25.2. The molecule has 1 aromatic carbocycles. The summed E-state index contributed by atoms with van der Waals surface area (Å²) in [4.78, 5) is 15.6. The maximum Gasteiger partial charge on any atom is 0.323 e. The Kier molecular flexibility index (Phi) is 6.56. The van der Waals surface area contributed by atoms with E-state index < -0.39 is 11.6 Å². The van der Waals surface area contributed by atoms with Gasteiger partial charge >= 0.3 is 5.97 Å². The number of carbonyl (C=O) groups is 1. The highest BCUT2D eigenvalue weighted by Gasteiger charge is 2.65. The lowest BCUT2D eigenvalue weighted by atomic mass is 9.51. The Bertz CT molecular complexity index is 995. The zero-order valence-corrected chi connectivity index (χ0v) is 22.4. The number of ether oxygens (including phenoxy) is 2. The van der Waals surface area contributed by atoms with E-state index in [-0.39, 0.29) is 35.9 Å². The SMILES string of the molecule is CSCCC(NC1CC[C@H]2[C@H]3Cc4cc(CO)c(O)c5c4[C@@]2(CCN3C)C1O5)C(=O)OC(C)(C)C. The van der Waals surface area contributed by atoms with Gasteiger partial charge in [0.15, 0.2) is 11.5 Å². The van der Waals surface area contributed by atoms with Crippen LogP contribution in [0.25, 0.3) is 0 Å². The zero-order valence-electron chi connectivity index (χ0n) is 21.6. The lowest BCUT2D eigenvalue weighted by Crippen LogP contribution is -2.69. The van der Waals surface area contributed by atoms with Crippen molar-refractivity contribution in [3.8, 4) is 11.5 Å². The van der Waals surface area contributed by atoms with Crippen LogP contribution in [0, 0.1) is 5.92 Å². The quantitative estimate of drug-likeness (QED) is 0.489. The van der Waals surface area contributed by atoms with Crippen LogP contribution >= 0.6 is 11.8 Å². The number of benzene rings is 1. The molecule has 1 saturated heterocycles. The largest absolute Gasteiger partial charge is 0.504 e. The van der Waals surface area contributed by atoms with Gasteiger partial charge in [-0.15, -0.1) is 0 Å². The van der Waals surface area contributed by atoms with E-state index in [1.807, 2.05) is 26.8 Å². The number of likely N-dealkylation sites (tertiary alicyclic amines) is 1. The van der Waals surface area contributed by atoms with Gasteiger partial charge in [0.1, 0.15) is 17.7 Å². The van der Waals surface area contributed by atoms with Gasteiger partial charge in [0.25, 0.3) is 0 Å². The fourth-order valence-electron chi connectivity index (χ4n) is 7.30. The first-order chi connectivity index (χ1) is 16.6. The zero-order chi connectivity index (χ0) is 25.1. The molecule has 7 nitrogen and oxygen atoms in total. The van der Waals surface area contributed by atoms with Crippen molar-refractivity contribution in [1.29, 1.82) is 0 Å². The molecule has 0 aromatic heterocycles. The van der Waals surface area contributed by atoms with Gasteiger partial charge in [-0.1, -0.05) is 0 Å². The molecule has 2 fully saturated rings. The Hall–Kier alpha value is -1.48. The molecule has 6 atom stereocenters. The third kappa shape index (κ3) is 4.05. The minimum atomic E-state index is -0.543. The van der Waals surface area contributed by atoms with Crippen LogP contribution in [0.3, 0.4) is 0 Å². The van der Waals surface area contributed by atoms with E-state index in [1.54, 1.807) is 11.8 Å². The molecule has 194 valence electrons. The highest BCUT2D eigenvalue weighted by Crippen LogP contribution is 2.64. The number of thioether (sulfide) groups is 1. The van der Waals surface area contributed by atoms with E-state index in [1.165, 1.54) is 5.56 Å². The molecule has 2 aliphatic carbocycles. The molecule has 3 N–H and O–H groups in total. The monoisotopic (exact) mass is 504 g/mol. The van der Waals surface area contributed by atoms with Crippen LogP contribution in [0.1, 0.15) is 63.1 Å². The lowest BCUT2D eigenvalue weighted by Gasteiger charge is -2.59. The first-order valence-corrected chi connectivity index (χ1v) is 14.3. The molecule has 4 aliphatic rings. The smallest absolute Gasteiger partial charge is 0.323 e.